The molecule has 3 rings (SSSR count). The maximum atomic E-state index is 6.29. The third-order valence-corrected chi connectivity index (χ3v) is 3.90. The molecule has 0 nitrogen and oxygen atoms in total. The van der Waals surface area contributed by atoms with Crippen LogP contribution in [0.5, 0.6) is 0 Å². The summed E-state index contributed by atoms with van der Waals surface area (Å²) in [5.41, 5.74) is 6.46. The molecule has 0 saturated heterocycles. The van der Waals surface area contributed by atoms with E-state index in [0.717, 1.165) is 15.9 Å². The Labute approximate surface area is 108 Å². The number of fused-ring (bicyclic) bond motifs is 3. The molecule has 2 heteroatoms. The zero-order valence-corrected chi connectivity index (χ0v) is 11.2. The molecule has 2 aromatic carbocycles. The number of rotatable bonds is 0. The molecule has 0 bridgehead atoms. The highest BCUT2D eigenvalue weighted by Crippen LogP contribution is 2.41. The molecule has 0 atom stereocenters. The third-order valence-electron chi connectivity index (χ3n) is 3.07. The van der Waals surface area contributed by atoms with Gasteiger partial charge in [0.25, 0.3) is 0 Å². The van der Waals surface area contributed by atoms with Crippen LogP contribution in [0.15, 0.2) is 34.8 Å². The first kappa shape index (κ1) is 10.4. The van der Waals surface area contributed by atoms with Crippen LogP contribution in [-0.4, -0.2) is 0 Å². The van der Waals surface area contributed by atoms with Crippen LogP contribution in [0.2, 0.25) is 5.02 Å². The summed E-state index contributed by atoms with van der Waals surface area (Å²) in [6.45, 7) is 2.09. The topological polar surface area (TPSA) is 0 Å². The first-order chi connectivity index (χ1) is 7.65. The first-order valence-corrected chi connectivity index (χ1v) is 6.40. The van der Waals surface area contributed by atoms with Gasteiger partial charge in [-0.15, -0.1) is 0 Å². The zero-order chi connectivity index (χ0) is 11.3. The van der Waals surface area contributed by atoms with Gasteiger partial charge >= 0.3 is 0 Å². The number of hydrogen-bond donors (Lipinski definition) is 0. The molecule has 2 aromatic rings. The highest BCUT2D eigenvalue weighted by molar-refractivity contribution is 9.10. The van der Waals surface area contributed by atoms with E-state index < -0.39 is 0 Å². The van der Waals surface area contributed by atoms with Gasteiger partial charge in [0.1, 0.15) is 0 Å². The zero-order valence-electron chi connectivity index (χ0n) is 8.85. The third kappa shape index (κ3) is 1.50. The van der Waals surface area contributed by atoms with E-state index in [1.54, 1.807) is 0 Å². The van der Waals surface area contributed by atoms with Crippen molar-refractivity contribution in [2.75, 3.05) is 0 Å². The monoisotopic (exact) mass is 292 g/mol. The molecule has 0 spiro atoms. The molecular weight excluding hydrogens is 284 g/mol. The second kappa shape index (κ2) is 3.61. The van der Waals surface area contributed by atoms with Crippen LogP contribution in [0, 0.1) is 6.92 Å². The number of halogens is 2. The Morgan fingerprint density at radius 1 is 1.12 bits per heavy atom. The summed E-state index contributed by atoms with van der Waals surface area (Å²) in [5.74, 6) is 0. The lowest BCUT2D eigenvalue weighted by Crippen LogP contribution is -1.83. The highest BCUT2D eigenvalue weighted by Gasteiger charge is 2.21. The standard InChI is InChI=1S/C14H10BrCl/c1-8-4-12-11-7-10(15)3-2-9(11)6-13(12)14(16)5-8/h2-5,7H,6H2,1H3. The van der Waals surface area contributed by atoms with Gasteiger partial charge < -0.3 is 0 Å². The van der Waals surface area contributed by atoms with Crippen molar-refractivity contribution in [3.05, 3.63) is 56.5 Å². The van der Waals surface area contributed by atoms with Crippen LogP contribution in [0.25, 0.3) is 11.1 Å². The van der Waals surface area contributed by atoms with E-state index in [1.165, 1.54) is 27.8 Å². The average Bonchev–Trinajstić information content (AvgIpc) is 2.57. The van der Waals surface area contributed by atoms with E-state index in [1.807, 2.05) is 6.07 Å². The fourth-order valence-corrected chi connectivity index (χ4v) is 3.04. The predicted octanol–water partition coefficient (Wildman–Crippen LogP) is 4.98. The molecule has 1 aliphatic carbocycles. The lowest BCUT2D eigenvalue weighted by atomic mass is 10.0. The van der Waals surface area contributed by atoms with Gasteiger partial charge in [-0.1, -0.05) is 39.7 Å². The number of aryl methyl sites for hydroxylation is 1. The lowest BCUT2D eigenvalue weighted by molar-refractivity contribution is 1.25. The lowest BCUT2D eigenvalue weighted by Gasteiger charge is -2.04. The molecule has 0 N–H and O–H groups in total. The highest BCUT2D eigenvalue weighted by atomic mass is 79.9. The normalized spacial score (nSPS) is 12.4. The van der Waals surface area contributed by atoms with Crippen molar-refractivity contribution in [3.8, 4) is 11.1 Å². The molecule has 0 heterocycles. The van der Waals surface area contributed by atoms with Crippen LogP contribution in [0.4, 0.5) is 0 Å². The van der Waals surface area contributed by atoms with Gasteiger partial charge in [0, 0.05) is 15.9 Å². The Morgan fingerprint density at radius 3 is 2.75 bits per heavy atom. The van der Waals surface area contributed by atoms with Crippen LogP contribution < -0.4 is 0 Å². The fraction of sp³-hybridized carbons (Fsp3) is 0.143. The fourth-order valence-electron chi connectivity index (χ4n) is 2.34. The summed E-state index contributed by atoms with van der Waals surface area (Å²) < 4.78 is 1.12. The maximum absolute atomic E-state index is 6.29. The predicted molar refractivity (Wildman–Crippen MR) is 72.1 cm³/mol. The van der Waals surface area contributed by atoms with Crippen molar-refractivity contribution in [2.45, 2.75) is 13.3 Å². The van der Waals surface area contributed by atoms with Gasteiger partial charge in [0.05, 0.1) is 0 Å². The summed E-state index contributed by atoms with van der Waals surface area (Å²) in [4.78, 5) is 0. The van der Waals surface area contributed by atoms with Crippen LogP contribution in [0.1, 0.15) is 16.7 Å². The molecule has 0 fully saturated rings. The van der Waals surface area contributed by atoms with E-state index in [4.69, 9.17) is 11.6 Å². The Bertz CT molecular complexity index is 588. The SMILES string of the molecule is Cc1cc(Cl)c2c(c1)-c1cc(Br)ccc1C2. The maximum Gasteiger partial charge on any atom is 0.0450 e. The smallest absolute Gasteiger partial charge is 0.0450 e. The van der Waals surface area contributed by atoms with Gasteiger partial charge in [-0.25, -0.2) is 0 Å². The molecular formula is C14H10BrCl. The second-order valence-corrected chi connectivity index (χ2v) is 5.57. The summed E-state index contributed by atoms with van der Waals surface area (Å²) in [7, 11) is 0. The first-order valence-electron chi connectivity index (χ1n) is 5.23. The van der Waals surface area contributed by atoms with Crippen LogP contribution in [-0.2, 0) is 6.42 Å². The van der Waals surface area contributed by atoms with E-state index >= 15 is 0 Å². The van der Waals surface area contributed by atoms with Crippen molar-refractivity contribution < 1.29 is 0 Å². The Hall–Kier alpha value is -0.790. The van der Waals surface area contributed by atoms with Crippen LogP contribution in [0.3, 0.4) is 0 Å². The van der Waals surface area contributed by atoms with E-state index in [-0.39, 0.29) is 0 Å². The van der Waals surface area contributed by atoms with Gasteiger partial charge in [-0.3, -0.25) is 0 Å². The van der Waals surface area contributed by atoms with Crippen molar-refractivity contribution in [2.24, 2.45) is 0 Å². The Kier molecular flexibility index (Phi) is 2.34. The molecule has 0 radical (unpaired) electrons. The molecule has 0 amide bonds. The van der Waals surface area contributed by atoms with Crippen LogP contribution >= 0.6 is 27.5 Å². The summed E-state index contributed by atoms with van der Waals surface area (Å²) in [6.07, 6.45) is 0.955. The molecule has 0 aliphatic heterocycles. The van der Waals surface area contributed by atoms with Gasteiger partial charge in [0.15, 0.2) is 0 Å². The quantitative estimate of drug-likeness (QED) is 0.548. The van der Waals surface area contributed by atoms with E-state index in [9.17, 15) is 0 Å². The van der Waals surface area contributed by atoms with E-state index in [0.29, 0.717) is 0 Å². The molecule has 1 aliphatic rings. The van der Waals surface area contributed by atoms with Gasteiger partial charge in [-0.2, -0.15) is 0 Å². The molecule has 16 heavy (non-hydrogen) atoms. The summed E-state index contributed by atoms with van der Waals surface area (Å²) in [6, 6.07) is 10.7. The average molecular weight is 294 g/mol. The Morgan fingerprint density at radius 2 is 1.94 bits per heavy atom. The number of benzene rings is 2. The summed E-state index contributed by atoms with van der Waals surface area (Å²) in [5, 5.41) is 0.891. The second-order valence-electron chi connectivity index (χ2n) is 4.25. The number of hydrogen-bond acceptors (Lipinski definition) is 0. The van der Waals surface area contributed by atoms with Crippen molar-refractivity contribution in [1.82, 2.24) is 0 Å². The minimum absolute atomic E-state index is 0.891. The summed E-state index contributed by atoms with van der Waals surface area (Å²) >= 11 is 9.81. The minimum Gasteiger partial charge on any atom is -0.0840 e. The molecule has 0 saturated carbocycles. The largest absolute Gasteiger partial charge is 0.0840 e. The molecule has 0 aromatic heterocycles. The van der Waals surface area contributed by atoms with Crippen molar-refractivity contribution in [3.63, 3.8) is 0 Å². The van der Waals surface area contributed by atoms with Crippen molar-refractivity contribution >= 4 is 27.5 Å². The molecule has 0 unspecified atom stereocenters. The minimum atomic E-state index is 0.891. The molecule has 80 valence electrons. The van der Waals surface area contributed by atoms with E-state index in [2.05, 4.69) is 47.1 Å². The van der Waals surface area contributed by atoms with Crippen molar-refractivity contribution in [1.29, 1.82) is 0 Å². The van der Waals surface area contributed by atoms with Gasteiger partial charge in [0.2, 0.25) is 0 Å². The van der Waals surface area contributed by atoms with Gasteiger partial charge in [-0.05, 0) is 52.9 Å². The Balaban J connectivity index is 2.31.